The summed E-state index contributed by atoms with van der Waals surface area (Å²) < 4.78 is 9.46. The normalized spacial score (nSPS) is 12.0. The van der Waals surface area contributed by atoms with Crippen molar-refractivity contribution in [3.05, 3.63) is 0 Å². The molecule has 0 aromatic rings. The zero-order chi connectivity index (χ0) is 5.91. The van der Waals surface area contributed by atoms with Gasteiger partial charge in [0.25, 0.3) is 0 Å². The van der Waals surface area contributed by atoms with Crippen molar-refractivity contribution < 1.29 is 8.85 Å². The van der Waals surface area contributed by atoms with Crippen molar-refractivity contribution in [2.45, 2.75) is 0 Å². The molecule has 0 fully saturated rings. The second-order valence-electron chi connectivity index (χ2n) is 0.957. The van der Waals surface area contributed by atoms with Crippen molar-refractivity contribution in [3.8, 4) is 0 Å². The molecule has 0 aromatic carbocycles. The first-order valence-corrected chi connectivity index (χ1v) is 6.07. The molecule has 7 heavy (non-hydrogen) atoms. The Bertz CT molecular complexity index is 51.7. The fourth-order valence-corrected chi connectivity index (χ4v) is 0.250. The highest BCUT2D eigenvalue weighted by Crippen LogP contribution is 2.12. The van der Waals surface area contributed by atoms with Gasteiger partial charge in [-0.05, 0) is 0 Å². The molecule has 0 bridgehead atoms. The molecule has 0 amide bonds. The summed E-state index contributed by atoms with van der Waals surface area (Å²) in [5.74, 6) is 0. The van der Waals surface area contributed by atoms with E-state index in [0.29, 0.717) is 0 Å². The van der Waals surface area contributed by atoms with E-state index in [1.165, 1.54) is 14.2 Å². The topological polar surface area (TPSA) is 18.5 Å². The summed E-state index contributed by atoms with van der Waals surface area (Å²) >= 11 is 7.89. The summed E-state index contributed by atoms with van der Waals surface area (Å²) in [6.45, 7) is -2.26. The lowest BCUT2D eigenvalue weighted by atomic mass is 11.8. The zero-order valence-corrected chi connectivity index (χ0v) is 7.00. The Kier molecular flexibility index (Phi) is 3.34. The van der Waals surface area contributed by atoms with Gasteiger partial charge in [0.1, 0.15) is 0 Å². The number of rotatable bonds is 2. The Morgan fingerprint density at radius 1 is 1.14 bits per heavy atom. The van der Waals surface area contributed by atoms with Crippen LogP contribution in [0.15, 0.2) is 0 Å². The summed E-state index contributed by atoms with van der Waals surface area (Å²) in [6.07, 6.45) is 0. The lowest BCUT2D eigenvalue weighted by Gasteiger charge is -2.12. The first kappa shape index (κ1) is 7.84. The molecule has 0 saturated carbocycles. The van der Waals surface area contributed by atoms with E-state index >= 15 is 0 Å². The molecule has 2 nitrogen and oxygen atoms in total. The van der Waals surface area contributed by atoms with Crippen LogP contribution in [0.4, 0.5) is 0 Å². The monoisotopic (exact) mass is 156 g/mol. The van der Waals surface area contributed by atoms with Crippen LogP contribution in [0, 0.1) is 0 Å². The molecular weight excluding hydrogens is 148 g/mol. The first-order chi connectivity index (χ1) is 3.12. The average molecular weight is 156 g/mol. The van der Waals surface area contributed by atoms with Crippen LogP contribution in [0.1, 0.15) is 0 Å². The van der Waals surface area contributed by atoms with E-state index in [0.717, 1.165) is 0 Å². The van der Waals surface area contributed by atoms with Gasteiger partial charge in [0, 0.05) is 14.2 Å². The molecule has 0 N–H and O–H groups in total. The Hall–Kier alpha value is 0.837. The fraction of sp³-hybridized carbons (Fsp3) is 1.00. The van der Waals surface area contributed by atoms with Gasteiger partial charge in [-0.2, -0.15) is 0 Å². The van der Waals surface area contributed by atoms with Crippen molar-refractivity contribution in [2.75, 3.05) is 14.2 Å². The minimum atomic E-state index is -2.26. The third-order valence-electron chi connectivity index (χ3n) is 0.532. The van der Waals surface area contributed by atoms with Crippen molar-refractivity contribution in [2.24, 2.45) is 0 Å². The highest BCUT2D eigenvalue weighted by Gasteiger charge is 2.24. The Labute approximate surface area is 54.6 Å². The lowest BCUT2D eigenvalue weighted by Crippen LogP contribution is -2.25. The predicted molar refractivity (Wildman–Crippen MR) is 37.7 cm³/mol. The smallest absolute Gasteiger partial charge is 0.382 e. The second-order valence-corrected chi connectivity index (χ2v) is 7.46. The van der Waals surface area contributed by atoms with Crippen LogP contribution >= 0.6 is 24.2 Å². The van der Waals surface area contributed by atoms with Gasteiger partial charge in [-0.15, -0.1) is 24.2 Å². The van der Waals surface area contributed by atoms with E-state index in [1.54, 1.807) is 0 Å². The molecule has 44 valence electrons. The Balaban J connectivity index is 3.36. The van der Waals surface area contributed by atoms with Gasteiger partial charge >= 0.3 is 6.86 Å². The average Bonchev–Trinajstić information content (AvgIpc) is 1.68. The van der Waals surface area contributed by atoms with Crippen molar-refractivity contribution in [1.82, 2.24) is 0 Å². The van der Waals surface area contributed by atoms with Gasteiger partial charge in [0.15, 0.2) is 0 Å². The number of thiol groups is 2. The van der Waals surface area contributed by atoms with Gasteiger partial charge in [0.05, 0.1) is 0 Å². The van der Waals surface area contributed by atoms with E-state index in [1.807, 2.05) is 0 Å². The van der Waals surface area contributed by atoms with Crippen LogP contribution in [-0.2, 0) is 8.85 Å². The summed E-state index contributed by atoms with van der Waals surface area (Å²) in [7, 11) is 3.05. The van der Waals surface area contributed by atoms with E-state index < -0.39 is 6.86 Å². The maximum Gasteiger partial charge on any atom is 0.468 e. The lowest BCUT2D eigenvalue weighted by molar-refractivity contribution is 0.294. The molecule has 0 atom stereocenters. The first-order valence-electron chi connectivity index (χ1n) is 1.67. The maximum absolute atomic E-state index is 4.73. The zero-order valence-electron chi connectivity index (χ0n) is 4.21. The van der Waals surface area contributed by atoms with E-state index in [2.05, 4.69) is 24.2 Å². The maximum atomic E-state index is 4.73. The summed E-state index contributed by atoms with van der Waals surface area (Å²) in [4.78, 5) is 0. The molecule has 0 radical (unpaired) electrons. The highest BCUT2D eigenvalue weighted by molar-refractivity contribution is 8.43. The van der Waals surface area contributed by atoms with Gasteiger partial charge in [-0.25, -0.2) is 0 Å². The third kappa shape index (κ3) is 3.42. The van der Waals surface area contributed by atoms with Crippen LogP contribution in [0.25, 0.3) is 0 Å². The predicted octanol–water partition coefficient (Wildman–Crippen LogP) is 0.574. The molecule has 0 heterocycles. The molecule has 0 rings (SSSR count). The van der Waals surface area contributed by atoms with E-state index in [9.17, 15) is 0 Å². The van der Waals surface area contributed by atoms with Crippen LogP contribution in [0.3, 0.4) is 0 Å². The van der Waals surface area contributed by atoms with E-state index in [-0.39, 0.29) is 0 Å². The van der Waals surface area contributed by atoms with Crippen molar-refractivity contribution in [3.63, 3.8) is 0 Å². The minimum Gasteiger partial charge on any atom is -0.382 e. The largest absolute Gasteiger partial charge is 0.468 e. The van der Waals surface area contributed by atoms with Crippen LogP contribution in [0.5, 0.6) is 0 Å². The molecule has 0 aliphatic rings. The standard InChI is InChI=1S/C2H8O2S2Si/c1-3-7(5,6)4-2/h5-6H,1-2H3. The van der Waals surface area contributed by atoms with Gasteiger partial charge in [-0.3, -0.25) is 0 Å². The minimum absolute atomic E-state index is 1.52. The molecule has 0 aromatic heterocycles. The number of hydrogen-bond acceptors (Lipinski definition) is 4. The molecule has 0 saturated heterocycles. The molecule has 0 spiro atoms. The molecule has 0 aliphatic carbocycles. The third-order valence-corrected chi connectivity index (χ3v) is 3.79. The Morgan fingerprint density at radius 2 is 1.43 bits per heavy atom. The van der Waals surface area contributed by atoms with Gasteiger partial charge < -0.3 is 8.85 Å². The quantitative estimate of drug-likeness (QED) is 0.450. The summed E-state index contributed by atoms with van der Waals surface area (Å²) in [5, 5.41) is 0. The van der Waals surface area contributed by atoms with Crippen LogP contribution in [0.2, 0.25) is 0 Å². The second kappa shape index (κ2) is 2.98. The fourth-order valence-electron chi connectivity index (χ4n) is 0.0833. The molecular formula is C2H8O2S2Si. The SMILES string of the molecule is CO[Si](S)(S)OC. The van der Waals surface area contributed by atoms with Crippen molar-refractivity contribution >= 4 is 31.0 Å². The molecule has 0 unspecified atom stereocenters. The summed E-state index contributed by atoms with van der Waals surface area (Å²) in [5.41, 5.74) is 0. The summed E-state index contributed by atoms with van der Waals surface area (Å²) in [6, 6.07) is 0. The van der Waals surface area contributed by atoms with Crippen LogP contribution in [-0.4, -0.2) is 21.1 Å². The Morgan fingerprint density at radius 3 is 1.43 bits per heavy atom. The van der Waals surface area contributed by atoms with Crippen LogP contribution < -0.4 is 0 Å². The highest BCUT2D eigenvalue weighted by atomic mass is 32.5. The molecule has 5 heteroatoms. The van der Waals surface area contributed by atoms with Gasteiger partial charge in [-0.1, -0.05) is 0 Å². The molecule has 0 aliphatic heterocycles. The van der Waals surface area contributed by atoms with E-state index in [4.69, 9.17) is 8.85 Å². The van der Waals surface area contributed by atoms with Gasteiger partial charge in [0.2, 0.25) is 0 Å². The van der Waals surface area contributed by atoms with Crippen molar-refractivity contribution in [1.29, 1.82) is 0 Å². The number of hydrogen-bond donors (Lipinski definition) is 2.